The van der Waals surface area contributed by atoms with Crippen molar-refractivity contribution in [1.82, 2.24) is 20.3 Å². The van der Waals surface area contributed by atoms with Crippen LogP contribution in [0.1, 0.15) is 60.8 Å². The molecular formula is C30H34N4O. The number of pyridine rings is 3. The lowest BCUT2D eigenvalue weighted by atomic mass is 9.97. The molecule has 0 bridgehead atoms. The molecule has 1 unspecified atom stereocenters. The van der Waals surface area contributed by atoms with Crippen molar-refractivity contribution in [2.24, 2.45) is 5.92 Å². The van der Waals surface area contributed by atoms with Gasteiger partial charge in [-0.2, -0.15) is 0 Å². The Morgan fingerprint density at radius 3 is 2.54 bits per heavy atom. The fourth-order valence-corrected chi connectivity index (χ4v) is 4.49. The molecule has 0 aliphatic heterocycles. The summed E-state index contributed by atoms with van der Waals surface area (Å²) in [7, 11) is 0. The number of aryl methyl sites for hydroxylation is 3. The van der Waals surface area contributed by atoms with Crippen LogP contribution in [0.15, 0.2) is 60.9 Å². The first-order chi connectivity index (χ1) is 16.8. The van der Waals surface area contributed by atoms with Crippen molar-refractivity contribution < 1.29 is 4.79 Å². The molecule has 0 radical (unpaired) electrons. The second kappa shape index (κ2) is 10.8. The molecule has 4 aromatic rings. The Bertz CT molecular complexity index is 1350. The van der Waals surface area contributed by atoms with Crippen LogP contribution >= 0.6 is 0 Å². The van der Waals surface area contributed by atoms with E-state index in [1.54, 1.807) is 6.20 Å². The molecule has 0 saturated carbocycles. The molecule has 180 valence electrons. The Labute approximate surface area is 208 Å². The first-order valence-electron chi connectivity index (χ1n) is 12.3. The molecule has 1 atom stereocenters. The van der Waals surface area contributed by atoms with E-state index in [4.69, 9.17) is 4.98 Å². The normalized spacial score (nSPS) is 12.2. The second-order valence-corrected chi connectivity index (χ2v) is 9.84. The van der Waals surface area contributed by atoms with Gasteiger partial charge >= 0.3 is 0 Å². The molecule has 0 saturated heterocycles. The van der Waals surface area contributed by atoms with Crippen LogP contribution in [0.4, 0.5) is 0 Å². The lowest BCUT2D eigenvalue weighted by molar-refractivity contribution is -0.121. The topological polar surface area (TPSA) is 67.8 Å². The lowest BCUT2D eigenvalue weighted by Gasteiger charge is -2.21. The fraction of sp³-hybridized carbons (Fsp3) is 0.333. The summed E-state index contributed by atoms with van der Waals surface area (Å²) in [4.78, 5) is 26.9. The van der Waals surface area contributed by atoms with E-state index in [9.17, 15) is 4.79 Å². The Balaban J connectivity index is 1.51. The highest BCUT2D eigenvalue weighted by Gasteiger charge is 2.19. The van der Waals surface area contributed by atoms with E-state index in [2.05, 4.69) is 54.3 Å². The van der Waals surface area contributed by atoms with Crippen molar-refractivity contribution in [2.75, 3.05) is 0 Å². The van der Waals surface area contributed by atoms with Crippen molar-refractivity contribution in [2.45, 2.75) is 59.9 Å². The molecule has 1 amide bonds. The monoisotopic (exact) mass is 466 g/mol. The van der Waals surface area contributed by atoms with Crippen molar-refractivity contribution in [3.63, 3.8) is 0 Å². The van der Waals surface area contributed by atoms with Crippen LogP contribution in [-0.4, -0.2) is 20.9 Å². The highest BCUT2D eigenvalue weighted by molar-refractivity contribution is 5.85. The van der Waals surface area contributed by atoms with Gasteiger partial charge in [0, 0.05) is 29.0 Å². The smallest absolute Gasteiger partial charge is 0.224 e. The van der Waals surface area contributed by atoms with Gasteiger partial charge in [0.2, 0.25) is 5.91 Å². The van der Waals surface area contributed by atoms with Gasteiger partial charge in [0.05, 0.1) is 29.4 Å². The third-order valence-corrected chi connectivity index (χ3v) is 6.35. The number of amides is 1. The van der Waals surface area contributed by atoms with E-state index in [-0.39, 0.29) is 11.9 Å². The molecule has 1 N–H and O–H groups in total. The summed E-state index contributed by atoms with van der Waals surface area (Å²) in [5.74, 6) is 0.573. The molecular weight excluding hydrogens is 432 g/mol. The van der Waals surface area contributed by atoms with E-state index >= 15 is 0 Å². The van der Waals surface area contributed by atoms with Crippen molar-refractivity contribution in [1.29, 1.82) is 0 Å². The predicted molar refractivity (Wildman–Crippen MR) is 142 cm³/mol. The molecule has 0 aliphatic rings. The fourth-order valence-electron chi connectivity index (χ4n) is 4.49. The maximum Gasteiger partial charge on any atom is 0.224 e. The number of carbonyl (C=O) groups is 1. The molecule has 4 rings (SSSR count). The zero-order chi connectivity index (χ0) is 24.9. The van der Waals surface area contributed by atoms with E-state index in [0.29, 0.717) is 12.3 Å². The number of hydrogen-bond donors (Lipinski definition) is 1. The minimum Gasteiger partial charge on any atom is -0.347 e. The van der Waals surface area contributed by atoms with Crippen LogP contribution < -0.4 is 5.32 Å². The lowest BCUT2D eigenvalue weighted by Crippen LogP contribution is -2.31. The van der Waals surface area contributed by atoms with E-state index in [1.165, 1.54) is 0 Å². The summed E-state index contributed by atoms with van der Waals surface area (Å²) in [6.45, 7) is 10.5. The third-order valence-electron chi connectivity index (χ3n) is 6.35. The quantitative estimate of drug-likeness (QED) is 0.324. The van der Waals surface area contributed by atoms with Gasteiger partial charge in [-0.1, -0.05) is 32.0 Å². The van der Waals surface area contributed by atoms with Crippen molar-refractivity contribution >= 4 is 16.8 Å². The van der Waals surface area contributed by atoms with Crippen LogP contribution in [0.25, 0.3) is 22.2 Å². The molecule has 3 aromatic heterocycles. The van der Waals surface area contributed by atoms with Gasteiger partial charge in [-0.3, -0.25) is 14.8 Å². The van der Waals surface area contributed by atoms with Crippen molar-refractivity contribution in [3.05, 3.63) is 89.0 Å². The second-order valence-electron chi connectivity index (χ2n) is 9.84. The molecule has 1 aromatic carbocycles. The van der Waals surface area contributed by atoms with Gasteiger partial charge < -0.3 is 5.32 Å². The zero-order valence-corrected chi connectivity index (χ0v) is 21.3. The first-order valence-corrected chi connectivity index (χ1v) is 12.3. The average molecular weight is 467 g/mol. The standard InChI is InChI=1S/C30H34N4O/c1-19(2)8-11-28(30-21(4)15-20(3)18-32-30)34-29(35)17-23-9-12-26-24(16-23)10-13-27(33-26)25-7-6-14-31-22(25)5/h6-7,9-10,12-16,18-19,28H,8,11,17H2,1-5H3,(H,34,35). The third kappa shape index (κ3) is 6.10. The van der Waals surface area contributed by atoms with Crippen molar-refractivity contribution in [3.8, 4) is 11.3 Å². The molecule has 5 nitrogen and oxygen atoms in total. The largest absolute Gasteiger partial charge is 0.347 e. The van der Waals surface area contributed by atoms with E-state index in [1.807, 2.05) is 50.4 Å². The van der Waals surface area contributed by atoms with E-state index in [0.717, 1.165) is 63.1 Å². The molecule has 5 heteroatoms. The van der Waals surface area contributed by atoms with Crippen LogP contribution in [-0.2, 0) is 11.2 Å². The molecule has 3 heterocycles. The zero-order valence-electron chi connectivity index (χ0n) is 21.3. The summed E-state index contributed by atoms with van der Waals surface area (Å²) in [6, 6.07) is 16.1. The molecule has 0 spiro atoms. The number of aromatic nitrogens is 3. The highest BCUT2D eigenvalue weighted by atomic mass is 16.1. The number of carbonyl (C=O) groups excluding carboxylic acids is 1. The number of fused-ring (bicyclic) bond motifs is 1. The van der Waals surface area contributed by atoms with Crippen LogP contribution in [0.5, 0.6) is 0 Å². The summed E-state index contributed by atoms with van der Waals surface area (Å²) in [6.07, 6.45) is 5.90. The van der Waals surface area contributed by atoms with E-state index < -0.39 is 0 Å². The molecule has 0 fully saturated rings. The number of hydrogen-bond acceptors (Lipinski definition) is 4. The Kier molecular flexibility index (Phi) is 7.54. The minimum atomic E-state index is -0.0853. The van der Waals surface area contributed by atoms with Crippen LogP contribution in [0, 0.1) is 26.7 Å². The number of benzene rings is 1. The van der Waals surface area contributed by atoms with Gasteiger partial charge in [-0.15, -0.1) is 0 Å². The van der Waals surface area contributed by atoms with Crippen LogP contribution in [0.3, 0.4) is 0 Å². The SMILES string of the molecule is Cc1cnc(C(CCC(C)C)NC(=O)Cc2ccc3nc(-c4cccnc4C)ccc3c2)c(C)c1. The van der Waals surface area contributed by atoms with Gasteiger partial charge in [0.1, 0.15) is 0 Å². The maximum atomic E-state index is 13.1. The molecule has 35 heavy (non-hydrogen) atoms. The number of nitrogens with zero attached hydrogens (tertiary/aromatic N) is 3. The van der Waals surface area contributed by atoms with Gasteiger partial charge in [-0.05, 0) is 86.6 Å². The number of nitrogens with one attached hydrogen (secondary N) is 1. The summed E-state index contributed by atoms with van der Waals surface area (Å²) < 4.78 is 0. The van der Waals surface area contributed by atoms with Gasteiger partial charge in [0.15, 0.2) is 0 Å². The maximum absolute atomic E-state index is 13.1. The average Bonchev–Trinajstić information content (AvgIpc) is 2.82. The number of rotatable bonds is 8. The van der Waals surface area contributed by atoms with Crippen LogP contribution in [0.2, 0.25) is 0 Å². The van der Waals surface area contributed by atoms with Gasteiger partial charge in [0.25, 0.3) is 0 Å². The Morgan fingerprint density at radius 1 is 0.971 bits per heavy atom. The highest BCUT2D eigenvalue weighted by Crippen LogP contribution is 2.25. The Morgan fingerprint density at radius 2 is 1.80 bits per heavy atom. The summed E-state index contributed by atoms with van der Waals surface area (Å²) >= 11 is 0. The predicted octanol–water partition coefficient (Wildman–Crippen LogP) is 6.45. The first kappa shape index (κ1) is 24.5. The summed E-state index contributed by atoms with van der Waals surface area (Å²) in [5.41, 5.74) is 7.99. The Hall–Kier alpha value is -3.60. The van der Waals surface area contributed by atoms with Gasteiger partial charge in [-0.25, -0.2) is 4.98 Å². The summed E-state index contributed by atoms with van der Waals surface area (Å²) in [5, 5.41) is 4.28. The molecule has 0 aliphatic carbocycles. The minimum absolute atomic E-state index is 0.00967.